The molecule has 21 heteroatoms. The van der Waals surface area contributed by atoms with E-state index in [-0.39, 0.29) is 49.9 Å². The number of nitrogens with zero attached hydrogens (tertiary/aromatic N) is 6. The zero-order valence-electron chi connectivity index (χ0n) is 48.0. The second kappa shape index (κ2) is 27.3. The van der Waals surface area contributed by atoms with E-state index in [0.29, 0.717) is 9.80 Å². The lowest BCUT2D eigenvalue weighted by Gasteiger charge is -2.27. The van der Waals surface area contributed by atoms with Gasteiger partial charge in [0.05, 0.1) is 11.0 Å². The first-order valence-electron chi connectivity index (χ1n) is 23.7. The van der Waals surface area contributed by atoms with Crippen LogP contribution in [0.5, 0.6) is 0 Å². The molecular weight excluding hydrogens is 1080 g/mol. The first kappa shape index (κ1) is 68.0. The van der Waals surface area contributed by atoms with Crippen molar-refractivity contribution in [2.24, 2.45) is 0 Å². The lowest BCUT2D eigenvalue weighted by Crippen LogP contribution is -2.44. The minimum atomic E-state index is -1.07. The van der Waals surface area contributed by atoms with Crippen molar-refractivity contribution in [1.82, 2.24) is 19.6 Å². The van der Waals surface area contributed by atoms with Crippen molar-refractivity contribution in [3.63, 3.8) is 0 Å². The van der Waals surface area contributed by atoms with E-state index in [4.69, 9.17) is 47.7 Å². The highest BCUT2D eigenvalue weighted by Gasteiger charge is 2.39. The highest BCUT2D eigenvalue weighted by Crippen LogP contribution is 2.34. The number of benzene rings is 2. The lowest BCUT2D eigenvalue weighted by atomic mass is 10.1. The molecule has 78 heavy (non-hydrogen) atoms. The zero-order chi connectivity index (χ0) is 60.7. The number of fused-ring (bicyclic) bond motifs is 2. The van der Waals surface area contributed by atoms with Crippen LogP contribution in [-0.2, 0) is 33.8 Å². The highest BCUT2D eigenvalue weighted by molar-refractivity contribution is 9.08. The Hall–Kier alpha value is -8.06. The molecule has 0 atom stereocenters. The van der Waals surface area contributed by atoms with Crippen molar-refractivity contribution in [1.29, 1.82) is 0 Å². The predicted molar refractivity (Wildman–Crippen MR) is 298 cm³/mol. The topological polar surface area (TPSA) is 200 Å². The van der Waals surface area contributed by atoms with Crippen molar-refractivity contribution in [3.8, 4) is 60.7 Å². The highest BCUT2D eigenvalue weighted by atomic mass is 79.9. The Balaban J connectivity index is 0.000000653. The summed E-state index contributed by atoms with van der Waals surface area (Å²) in [6, 6.07) is 4.96. The number of imide groups is 2. The monoisotopic (exact) mass is 1150 g/mol. The Kier molecular flexibility index (Phi) is 23.8. The maximum atomic E-state index is 14.7. The van der Waals surface area contributed by atoms with Crippen LogP contribution < -0.4 is 9.80 Å². The van der Waals surface area contributed by atoms with Crippen molar-refractivity contribution in [2.45, 2.75) is 177 Å². The number of hydrogen-bond acceptors (Lipinski definition) is 14. The Bertz CT molecular complexity index is 3070. The van der Waals surface area contributed by atoms with Gasteiger partial charge < -0.3 is 28.4 Å². The largest absolute Gasteiger partial charge is 0.443 e. The quantitative estimate of drug-likeness (QED) is 0.107. The number of rotatable bonds is 3. The molecule has 4 rings (SSSR count). The van der Waals surface area contributed by atoms with E-state index in [1.807, 2.05) is 0 Å². The number of terminal acetylenes is 3. The summed E-state index contributed by atoms with van der Waals surface area (Å²) in [6.45, 7) is 32.8. The molecule has 0 aliphatic carbocycles. The Labute approximate surface area is 464 Å². The number of carbonyl (C=O) groups is 6. The van der Waals surface area contributed by atoms with Crippen molar-refractivity contribution in [3.05, 3.63) is 47.0 Å². The minimum absolute atomic E-state index is 0.00330. The molecule has 2 aromatic carbocycles. The van der Waals surface area contributed by atoms with Gasteiger partial charge in [-0.1, -0.05) is 21.9 Å². The van der Waals surface area contributed by atoms with E-state index in [2.05, 4.69) is 67.6 Å². The number of aryl methyl sites for hydroxylation is 1. The maximum absolute atomic E-state index is 14.7. The van der Waals surface area contributed by atoms with Crippen LogP contribution in [0.25, 0.3) is 21.8 Å². The molecule has 0 aliphatic rings. The standard InChI is InChI=1S/C23H31BrFN3O6.C23H32FN3O6.C6H2.C5H4/c1-21(2,3)32-18(29)27(19(30)33-22(4,5)6)17-14-10-13(12-24)15(25)11-16(14)28(26-17)20(31)34-23(7,8)9;1-13-11-14-16(12-15(13)24)27(20(30)33-23(8,9)10)25-17(14)26(18(28)31-21(2,3)4)19(29)32-22(5,6)7;1-3-5-6-4-2;1-3-5-4-2/h10-11H,12H2,1-9H3;11-12H,1-10H3;1-2H;1H,2H3. The van der Waals surface area contributed by atoms with Gasteiger partial charge in [0.25, 0.3) is 0 Å². The SMILES string of the molecule is C#CC#CC.C#CC#CC#C.CC(C)(C)OC(=O)N(C(=O)OC(C)(C)C)c1nn(C(=O)OC(C)(C)C)c2cc(F)c(CBr)cc12.Cc1cc2c(N(C(=O)OC(C)(C)C)C(=O)OC(C)(C)C)nn(C(=O)OC(C)(C)C)c2cc1F. The molecule has 420 valence electrons. The molecule has 0 bridgehead atoms. The van der Waals surface area contributed by atoms with Gasteiger partial charge in [-0.05, 0) is 197 Å². The van der Waals surface area contributed by atoms with Crippen LogP contribution in [-0.4, -0.2) is 89.7 Å². The summed E-state index contributed by atoms with van der Waals surface area (Å²) in [5.74, 6) is 14.0. The predicted octanol–water partition coefficient (Wildman–Crippen LogP) is 13.4. The summed E-state index contributed by atoms with van der Waals surface area (Å²) < 4.78 is 63.0. The first-order chi connectivity index (χ1) is 35.4. The summed E-state index contributed by atoms with van der Waals surface area (Å²) in [5.41, 5.74) is -5.06. The average Bonchev–Trinajstić information content (AvgIpc) is 3.77. The van der Waals surface area contributed by atoms with E-state index in [1.54, 1.807) is 132 Å². The van der Waals surface area contributed by atoms with E-state index < -0.39 is 81.8 Å². The molecule has 0 unspecified atom stereocenters. The average molecular weight is 1150 g/mol. The van der Waals surface area contributed by atoms with Crippen molar-refractivity contribution < 1.29 is 66.0 Å². The molecule has 0 fully saturated rings. The van der Waals surface area contributed by atoms with Crippen molar-refractivity contribution in [2.75, 3.05) is 9.80 Å². The van der Waals surface area contributed by atoms with E-state index in [0.717, 1.165) is 21.5 Å². The molecular formula is C57H69BrF2N6O12. The number of amides is 4. The van der Waals surface area contributed by atoms with Crippen LogP contribution >= 0.6 is 15.9 Å². The molecule has 0 aliphatic heterocycles. The fourth-order valence-corrected chi connectivity index (χ4v) is 6.01. The molecule has 0 saturated heterocycles. The van der Waals surface area contributed by atoms with E-state index >= 15 is 0 Å². The zero-order valence-corrected chi connectivity index (χ0v) is 49.6. The third-order valence-electron chi connectivity index (χ3n) is 8.18. The number of carbonyl (C=O) groups excluding carboxylic acids is 6. The Morgan fingerprint density at radius 3 is 1.06 bits per heavy atom. The molecule has 0 saturated carbocycles. The normalized spacial score (nSPS) is 11.1. The fourth-order valence-electron chi connectivity index (χ4n) is 5.58. The Morgan fingerprint density at radius 2 is 0.808 bits per heavy atom. The summed E-state index contributed by atoms with van der Waals surface area (Å²) in [5, 5.41) is 8.79. The van der Waals surface area contributed by atoms with Crippen LogP contribution in [0.3, 0.4) is 0 Å². The van der Waals surface area contributed by atoms with E-state index in [1.165, 1.54) is 19.1 Å². The van der Waals surface area contributed by atoms with Crippen LogP contribution in [0.15, 0.2) is 24.3 Å². The number of aromatic nitrogens is 4. The number of anilines is 2. The molecule has 0 N–H and O–H groups in total. The van der Waals surface area contributed by atoms with Crippen LogP contribution in [0.1, 0.15) is 143 Å². The van der Waals surface area contributed by atoms with Crippen LogP contribution in [0.2, 0.25) is 0 Å². The smallest absolute Gasteiger partial charge is 0.435 e. The van der Waals surface area contributed by atoms with Gasteiger partial charge in [-0.2, -0.15) is 19.2 Å². The number of halogens is 3. The van der Waals surface area contributed by atoms with Gasteiger partial charge >= 0.3 is 36.6 Å². The molecule has 0 spiro atoms. The van der Waals surface area contributed by atoms with Gasteiger partial charge in [-0.25, -0.2) is 37.5 Å². The minimum Gasteiger partial charge on any atom is -0.443 e. The van der Waals surface area contributed by atoms with Gasteiger partial charge in [-0.15, -0.1) is 29.5 Å². The summed E-state index contributed by atoms with van der Waals surface area (Å²) in [6.07, 6.45) is 8.03. The third kappa shape index (κ3) is 22.3. The molecule has 18 nitrogen and oxygen atoms in total. The second-order valence-corrected chi connectivity index (χ2v) is 22.9. The molecule has 0 radical (unpaired) electrons. The fraction of sp³-hybridized carbons (Fsp3) is 0.474. The van der Waals surface area contributed by atoms with Gasteiger partial charge in [0, 0.05) is 28.2 Å². The van der Waals surface area contributed by atoms with Gasteiger partial charge in [0.1, 0.15) is 45.2 Å². The molecule has 2 heterocycles. The van der Waals surface area contributed by atoms with E-state index in [9.17, 15) is 37.5 Å². The van der Waals surface area contributed by atoms with Crippen molar-refractivity contribution >= 4 is 85.9 Å². The van der Waals surface area contributed by atoms with Crippen LogP contribution in [0, 0.1) is 79.3 Å². The number of hydrogen-bond donors (Lipinski definition) is 0. The number of alkyl halides is 1. The third-order valence-corrected chi connectivity index (χ3v) is 8.78. The first-order valence-corrected chi connectivity index (χ1v) is 24.8. The van der Waals surface area contributed by atoms with Crippen LogP contribution in [0.4, 0.5) is 49.2 Å². The van der Waals surface area contributed by atoms with Gasteiger partial charge in [0.2, 0.25) is 0 Å². The summed E-state index contributed by atoms with van der Waals surface area (Å²) >= 11 is 3.21. The summed E-state index contributed by atoms with van der Waals surface area (Å²) in [7, 11) is 0. The summed E-state index contributed by atoms with van der Waals surface area (Å²) in [4.78, 5) is 79.2. The molecule has 2 aromatic heterocycles. The van der Waals surface area contributed by atoms with Gasteiger partial charge in [-0.3, -0.25) is 0 Å². The molecule has 4 aromatic rings. The maximum Gasteiger partial charge on any atom is 0.435 e. The second-order valence-electron chi connectivity index (χ2n) is 22.3. The Morgan fingerprint density at radius 1 is 0.513 bits per heavy atom. The number of ether oxygens (including phenoxy) is 6. The molecule has 4 amide bonds. The van der Waals surface area contributed by atoms with Gasteiger partial charge in [0.15, 0.2) is 11.6 Å². The lowest BCUT2D eigenvalue weighted by molar-refractivity contribution is 0.0405.